The van der Waals surface area contributed by atoms with Gasteiger partial charge in [-0.2, -0.15) is 11.8 Å². The minimum absolute atomic E-state index is 0.187. The van der Waals surface area contributed by atoms with E-state index in [1.807, 2.05) is 11.8 Å². The fourth-order valence-electron chi connectivity index (χ4n) is 1.63. The smallest absolute Gasteiger partial charge is 0.271 e. The van der Waals surface area contributed by atoms with E-state index in [9.17, 15) is 4.79 Å². The summed E-state index contributed by atoms with van der Waals surface area (Å²) in [5, 5.41) is 10.9. The van der Waals surface area contributed by atoms with Crippen LogP contribution in [0.3, 0.4) is 0 Å². The SMILES string of the molecule is NNc1ccc(C(=O)NCC2CCCS2)nn1. The van der Waals surface area contributed by atoms with E-state index in [2.05, 4.69) is 20.9 Å². The number of nitrogens with zero attached hydrogens (tertiary/aromatic N) is 2. The van der Waals surface area contributed by atoms with Crippen LogP contribution >= 0.6 is 11.8 Å². The number of hydrogen-bond donors (Lipinski definition) is 3. The Kier molecular flexibility index (Phi) is 4.16. The third-order valence-corrected chi connectivity index (χ3v) is 3.96. The molecule has 0 saturated carbocycles. The van der Waals surface area contributed by atoms with Crippen molar-refractivity contribution in [2.24, 2.45) is 5.84 Å². The summed E-state index contributed by atoms with van der Waals surface area (Å²) in [7, 11) is 0. The molecule has 1 aromatic rings. The summed E-state index contributed by atoms with van der Waals surface area (Å²) >= 11 is 1.91. The molecule has 1 unspecified atom stereocenters. The van der Waals surface area contributed by atoms with Gasteiger partial charge in [-0.3, -0.25) is 4.79 Å². The lowest BCUT2D eigenvalue weighted by atomic mass is 10.2. The standard InChI is InChI=1S/C10H15N5OS/c11-13-9-4-3-8(14-15-9)10(16)12-6-7-2-1-5-17-7/h3-4,7H,1-2,5-6,11H2,(H,12,16)(H,13,15). The van der Waals surface area contributed by atoms with Crippen LogP contribution in [-0.4, -0.2) is 33.7 Å². The van der Waals surface area contributed by atoms with Crippen molar-refractivity contribution >= 4 is 23.5 Å². The first-order chi connectivity index (χ1) is 8.29. The molecule has 1 atom stereocenters. The number of rotatable bonds is 4. The summed E-state index contributed by atoms with van der Waals surface area (Å²) in [5.41, 5.74) is 2.67. The number of hydrazine groups is 1. The van der Waals surface area contributed by atoms with Crippen molar-refractivity contribution in [1.29, 1.82) is 0 Å². The Hall–Kier alpha value is -1.34. The van der Waals surface area contributed by atoms with Gasteiger partial charge in [0.2, 0.25) is 0 Å². The monoisotopic (exact) mass is 253 g/mol. The molecule has 0 spiro atoms. The molecular formula is C10H15N5OS. The van der Waals surface area contributed by atoms with Crippen LogP contribution in [0.2, 0.25) is 0 Å². The third kappa shape index (κ3) is 3.31. The summed E-state index contributed by atoms with van der Waals surface area (Å²) < 4.78 is 0. The lowest BCUT2D eigenvalue weighted by Crippen LogP contribution is -2.30. The van der Waals surface area contributed by atoms with Gasteiger partial charge in [-0.05, 0) is 30.7 Å². The second-order valence-corrected chi connectivity index (χ2v) is 5.20. The van der Waals surface area contributed by atoms with Crippen LogP contribution in [0.5, 0.6) is 0 Å². The molecule has 92 valence electrons. The first-order valence-corrected chi connectivity index (χ1v) is 6.54. The van der Waals surface area contributed by atoms with E-state index in [4.69, 9.17) is 5.84 Å². The number of anilines is 1. The molecule has 1 saturated heterocycles. The predicted octanol–water partition coefficient (Wildman–Crippen LogP) is 0.388. The predicted molar refractivity (Wildman–Crippen MR) is 67.7 cm³/mol. The van der Waals surface area contributed by atoms with Gasteiger partial charge in [0.05, 0.1) is 0 Å². The number of nitrogens with one attached hydrogen (secondary N) is 2. The molecule has 0 aliphatic carbocycles. The average molecular weight is 253 g/mol. The van der Waals surface area contributed by atoms with E-state index < -0.39 is 0 Å². The molecule has 7 heteroatoms. The minimum Gasteiger partial charge on any atom is -0.350 e. The molecule has 1 fully saturated rings. The maximum Gasteiger partial charge on any atom is 0.271 e. The molecule has 0 bridgehead atoms. The van der Waals surface area contributed by atoms with Crippen LogP contribution in [0.1, 0.15) is 23.3 Å². The van der Waals surface area contributed by atoms with Crippen molar-refractivity contribution in [3.63, 3.8) is 0 Å². The summed E-state index contributed by atoms with van der Waals surface area (Å²) in [5.74, 6) is 6.60. The van der Waals surface area contributed by atoms with Gasteiger partial charge in [-0.25, -0.2) is 5.84 Å². The van der Waals surface area contributed by atoms with E-state index >= 15 is 0 Å². The zero-order chi connectivity index (χ0) is 12.1. The number of carbonyl (C=O) groups is 1. The van der Waals surface area contributed by atoms with Crippen LogP contribution in [0, 0.1) is 0 Å². The molecule has 1 aliphatic rings. The Morgan fingerprint density at radius 3 is 3.00 bits per heavy atom. The quantitative estimate of drug-likeness (QED) is 0.531. The van der Waals surface area contributed by atoms with E-state index in [1.165, 1.54) is 18.6 Å². The normalized spacial score (nSPS) is 19.0. The van der Waals surface area contributed by atoms with Gasteiger partial charge in [0.1, 0.15) is 0 Å². The molecule has 6 nitrogen and oxygen atoms in total. The van der Waals surface area contributed by atoms with Crippen LogP contribution in [0.25, 0.3) is 0 Å². The molecular weight excluding hydrogens is 238 g/mol. The second-order valence-electron chi connectivity index (χ2n) is 3.79. The maximum atomic E-state index is 11.7. The average Bonchev–Trinajstić information content (AvgIpc) is 2.89. The van der Waals surface area contributed by atoms with Crippen LogP contribution < -0.4 is 16.6 Å². The number of aromatic nitrogens is 2. The van der Waals surface area contributed by atoms with Gasteiger partial charge >= 0.3 is 0 Å². The van der Waals surface area contributed by atoms with Crippen LogP contribution in [0.15, 0.2) is 12.1 Å². The van der Waals surface area contributed by atoms with Crippen LogP contribution in [0.4, 0.5) is 5.82 Å². The van der Waals surface area contributed by atoms with Crippen molar-refractivity contribution in [3.05, 3.63) is 17.8 Å². The maximum absolute atomic E-state index is 11.7. The first-order valence-electron chi connectivity index (χ1n) is 5.50. The van der Waals surface area contributed by atoms with E-state index in [0.29, 0.717) is 23.3 Å². The number of hydrogen-bond acceptors (Lipinski definition) is 6. The highest BCUT2D eigenvalue weighted by Crippen LogP contribution is 2.25. The highest BCUT2D eigenvalue weighted by Gasteiger charge is 2.17. The van der Waals surface area contributed by atoms with Crippen molar-refractivity contribution in [2.45, 2.75) is 18.1 Å². The summed E-state index contributed by atoms with van der Waals surface area (Å²) in [6, 6.07) is 3.21. The summed E-state index contributed by atoms with van der Waals surface area (Å²) in [4.78, 5) is 11.7. The van der Waals surface area contributed by atoms with Gasteiger partial charge < -0.3 is 10.7 Å². The molecule has 1 aromatic heterocycles. The molecule has 0 aromatic carbocycles. The highest BCUT2D eigenvalue weighted by molar-refractivity contribution is 8.00. The minimum atomic E-state index is -0.187. The molecule has 0 radical (unpaired) electrons. The molecule has 2 heterocycles. The topological polar surface area (TPSA) is 92.9 Å². The van der Waals surface area contributed by atoms with Crippen LogP contribution in [-0.2, 0) is 0 Å². The number of amides is 1. The summed E-state index contributed by atoms with van der Waals surface area (Å²) in [6.45, 7) is 0.696. The molecule has 1 aliphatic heterocycles. The van der Waals surface area contributed by atoms with Gasteiger partial charge in [-0.15, -0.1) is 10.2 Å². The van der Waals surface area contributed by atoms with Gasteiger partial charge in [0.15, 0.2) is 11.5 Å². The molecule has 17 heavy (non-hydrogen) atoms. The van der Waals surface area contributed by atoms with Gasteiger partial charge in [-0.1, -0.05) is 0 Å². The Balaban J connectivity index is 1.85. The Morgan fingerprint density at radius 1 is 1.53 bits per heavy atom. The lowest BCUT2D eigenvalue weighted by molar-refractivity contribution is 0.0947. The number of carbonyl (C=O) groups excluding carboxylic acids is 1. The van der Waals surface area contributed by atoms with Gasteiger partial charge in [0.25, 0.3) is 5.91 Å². The van der Waals surface area contributed by atoms with Crippen molar-refractivity contribution in [1.82, 2.24) is 15.5 Å². The zero-order valence-corrected chi connectivity index (χ0v) is 10.2. The lowest BCUT2D eigenvalue weighted by Gasteiger charge is -2.09. The zero-order valence-electron chi connectivity index (χ0n) is 9.35. The van der Waals surface area contributed by atoms with E-state index in [0.717, 1.165) is 0 Å². The highest BCUT2D eigenvalue weighted by atomic mass is 32.2. The van der Waals surface area contributed by atoms with E-state index in [1.54, 1.807) is 12.1 Å². The first kappa shape index (κ1) is 12.1. The molecule has 4 N–H and O–H groups in total. The third-order valence-electron chi connectivity index (χ3n) is 2.56. The number of nitrogen functional groups attached to an aromatic ring is 1. The Labute approximate surface area is 104 Å². The van der Waals surface area contributed by atoms with Crippen molar-refractivity contribution < 1.29 is 4.79 Å². The second kappa shape index (κ2) is 5.83. The van der Waals surface area contributed by atoms with E-state index in [-0.39, 0.29) is 5.91 Å². The number of nitrogens with two attached hydrogens (primary N) is 1. The Morgan fingerprint density at radius 2 is 2.41 bits per heavy atom. The Bertz CT molecular complexity index is 377. The number of thioether (sulfide) groups is 1. The fraction of sp³-hybridized carbons (Fsp3) is 0.500. The van der Waals surface area contributed by atoms with Crippen molar-refractivity contribution in [2.75, 3.05) is 17.7 Å². The van der Waals surface area contributed by atoms with Crippen molar-refractivity contribution in [3.8, 4) is 0 Å². The molecule has 1 amide bonds. The van der Waals surface area contributed by atoms with Gasteiger partial charge in [0, 0.05) is 11.8 Å². The molecule has 2 rings (SSSR count). The summed E-state index contributed by atoms with van der Waals surface area (Å²) in [6.07, 6.45) is 2.41. The largest absolute Gasteiger partial charge is 0.350 e. The fourth-order valence-corrected chi connectivity index (χ4v) is 2.83.